The molecular formula is C10H9BrClNO. The Hall–Kier alpha value is -0.540. The maximum absolute atomic E-state index is 8.87. The summed E-state index contributed by atoms with van der Waals surface area (Å²) in [6, 6.07) is 3.77. The van der Waals surface area contributed by atoms with Gasteiger partial charge < -0.3 is 5.21 Å². The van der Waals surface area contributed by atoms with Gasteiger partial charge in [-0.15, -0.1) is 0 Å². The average molecular weight is 275 g/mol. The minimum absolute atomic E-state index is 0.717. The van der Waals surface area contributed by atoms with Crippen molar-refractivity contribution in [2.24, 2.45) is 5.16 Å². The topological polar surface area (TPSA) is 32.6 Å². The zero-order chi connectivity index (χ0) is 10.1. The summed E-state index contributed by atoms with van der Waals surface area (Å²) in [5, 5.41) is 12.9. The first-order valence-electron chi connectivity index (χ1n) is 4.41. The Morgan fingerprint density at radius 1 is 1.36 bits per heavy atom. The molecule has 1 aliphatic carbocycles. The van der Waals surface area contributed by atoms with E-state index in [9.17, 15) is 0 Å². The van der Waals surface area contributed by atoms with E-state index in [1.807, 2.05) is 12.1 Å². The number of benzene rings is 1. The van der Waals surface area contributed by atoms with Crippen molar-refractivity contribution in [1.82, 2.24) is 0 Å². The van der Waals surface area contributed by atoms with Crippen molar-refractivity contribution in [3.8, 4) is 0 Å². The summed E-state index contributed by atoms with van der Waals surface area (Å²) in [5.41, 5.74) is 2.90. The van der Waals surface area contributed by atoms with Crippen LogP contribution in [0.3, 0.4) is 0 Å². The van der Waals surface area contributed by atoms with Gasteiger partial charge in [0.1, 0.15) is 0 Å². The second-order valence-corrected chi connectivity index (χ2v) is 4.61. The van der Waals surface area contributed by atoms with E-state index in [4.69, 9.17) is 16.8 Å². The summed E-state index contributed by atoms with van der Waals surface area (Å²) in [4.78, 5) is 0. The molecule has 4 heteroatoms. The molecule has 2 rings (SSSR count). The van der Waals surface area contributed by atoms with Crippen molar-refractivity contribution in [3.63, 3.8) is 0 Å². The van der Waals surface area contributed by atoms with Crippen molar-refractivity contribution < 1.29 is 5.21 Å². The van der Waals surface area contributed by atoms with Crippen LogP contribution < -0.4 is 0 Å². The summed E-state index contributed by atoms with van der Waals surface area (Å²) < 4.78 is 0.910. The predicted molar refractivity (Wildman–Crippen MR) is 60.4 cm³/mol. The van der Waals surface area contributed by atoms with Gasteiger partial charge in [-0.2, -0.15) is 0 Å². The molecule has 0 saturated carbocycles. The molecule has 1 N–H and O–H groups in total. The lowest BCUT2D eigenvalue weighted by molar-refractivity contribution is 0.317. The van der Waals surface area contributed by atoms with Crippen molar-refractivity contribution in [3.05, 3.63) is 32.8 Å². The van der Waals surface area contributed by atoms with Crippen LogP contribution in [0.2, 0.25) is 5.02 Å². The van der Waals surface area contributed by atoms with E-state index in [1.54, 1.807) is 0 Å². The van der Waals surface area contributed by atoms with E-state index < -0.39 is 0 Å². The molecule has 0 radical (unpaired) electrons. The third kappa shape index (κ3) is 1.66. The van der Waals surface area contributed by atoms with Gasteiger partial charge in [-0.1, -0.05) is 32.7 Å². The van der Waals surface area contributed by atoms with Crippen LogP contribution in [-0.2, 0) is 6.42 Å². The van der Waals surface area contributed by atoms with Crippen molar-refractivity contribution >= 4 is 33.2 Å². The Bertz CT molecular complexity index is 403. The highest BCUT2D eigenvalue weighted by molar-refractivity contribution is 9.10. The summed E-state index contributed by atoms with van der Waals surface area (Å²) in [5.74, 6) is 0. The van der Waals surface area contributed by atoms with Crippen molar-refractivity contribution in [2.75, 3.05) is 0 Å². The zero-order valence-electron chi connectivity index (χ0n) is 7.43. The van der Waals surface area contributed by atoms with Gasteiger partial charge in [0.05, 0.1) is 5.71 Å². The van der Waals surface area contributed by atoms with Crippen LogP contribution in [0.5, 0.6) is 0 Å². The first-order valence-corrected chi connectivity index (χ1v) is 5.58. The van der Waals surface area contributed by atoms with Crippen molar-refractivity contribution in [2.45, 2.75) is 19.3 Å². The lowest BCUT2D eigenvalue weighted by atomic mass is 9.90. The van der Waals surface area contributed by atoms with Crippen LogP contribution >= 0.6 is 27.5 Å². The normalized spacial score (nSPS) is 18.3. The van der Waals surface area contributed by atoms with Gasteiger partial charge in [0.2, 0.25) is 0 Å². The molecule has 0 aromatic heterocycles. The number of oxime groups is 1. The van der Waals surface area contributed by atoms with Gasteiger partial charge in [-0.3, -0.25) is 0 Å². The van der Waals surface area contributed by atoms with Gasteiger partial charge in [-0.25, -0.2) is 0 Å². The first kappa shape index (κ1) is 9.99. The standard InChI is InChI=1S/C10H9BrClNO/c11-8-5-7(12)4-6-2-1-3-9(13-14)10(6)8/h4-5,14H,1-3H2/b13-9+. The van der Waals surface area contributed by atoms with Crippen LogP contribution in [0.25, 0.3) is 0 Å². The molecular weight excluding hydrogens is 265 g/mol. The van der Waals surface area contributed by atoms with E-state index >= 15 is 0 Å². The molecule has 74 valence electrons. The Labute approximate surface area is 95.7 Å². The van der Waals surface area contributed by atoms with Crippen LogP contribution in [0, 0.1) is 0 Å². The molecule has 0 bridgehead atoms. The highest BCUT2D eigenvalue weighted by Crippen LogP contribution is 2.31. The van der Waals surface area contributed by atoms with Crippen molar-refractivity contribution in [1.29, 1.82) is 0 Å². The average Bonchev–Trinajstić information content (AvgIpc) is 2.16. The third-order valence-corrected chi connectivity index (χ3v) is 3.25. The van der Waals surface area contributed by atoms with Gasteiger partial charge in [0.25, 0.3) is 0 Å². The van der Waals surface area contributed by atoms with E-state index in [0.717, 1.165) is 45.6 Å². The predicted octanol–water partition coefficient (Wildman–Crippen LogP) is 3.62. The Morgan fingerprint density at radius 2 is 2.14 bits per heavy atom. The summed E-state index contributed by atoms with van der Waals surface area (Å²) >= 11 is 9.38. The number of fused-ring (bicyclic) bond motifs is 1. The molecule has 1 aromatic rings. The fraction of sp³-hybridized carbons (Fsp3) is 0.300. The van der Waals surface area contributed by atoms with E-state index in [1.165, 1.54) is 0 Å². The van der Waals surface area contributed by atoms with E-state index in [2.05, 4.69) is 21.1 Å². The van der Waals surface area contributed by atoms with Gasteiger partial charge in [0.15, 0.2) is 0 Å². The minimum atomic E-state index is 0.717. The smallest absolute Gasteiger partial charge is 0.0882 e. The fourth-order valence-corrected chi connectivity index (χ4v) is 2.92. The zero-order valence-corrected chi connectivity index (χ0v) is 9.77. The van der Waals surface area contributed by atoms with Crippen LogP contribution in [-0.4, -0.2) is 10.9 Å². The Balaban J connectivity index is 2.63. The molecule has 0 heterocycles. The molecule has 0 fully saturated rings. The number of rotatable bonds is 0. The van der Waals surface area contributed by atoms with E-state index in [0.29, 0.717) is 0 Å². The maximum atomic E-state index is 8.87. The molecule has 14 heavy (non-hydrogen) atoms. The first-order chi connectivity index (χ1) is 6.72. The summed E-state index contributed by atoms with van der Waals surface area (Å²) in [6.45, 7) is 0. The van der Waals surface area contributed by atoms with Gasteiger partial charge in [-0.05, 0) is 37.0 Å². The minimum Gasteiger partial charge on any atom is -0.411 e. The molecule has 1 aliphatic rings. The molecule has 0 aliphatic heterocycles. The molecule has 0 amide bonds. The van der Waals surface area contributed by atoms with Crippen LogP contribution in [0.1, 0.15) is 24.0 Å². The lowest BCUT2D eigenvalue weighted by Crippen LogP contribution is -2.12. The Kier molecular flexibility index (Phi) is 2.79. The third-order valence-electron chi connectivity index (χ3n) is 2.41. The SMILES string of the molecule is O/N=C1\CCCc2cc(Cl)cc(Br)c21. The second-order valence-electron chi connectivity index (χ2n) is 3.32. The number of halogens is 2. The molecule has 0 unspecified atom stereocenters. The molecule has 0 spiro atoms. The number of aryl methyl sites for hydroxylation is 1. The highest BCUT2D eigenvalue weighted by Gasteiger charge is 2.19. The highest BCUT2D eigenvalue weighted by atomic mass is 79.9. The Morgan fingerprint density at radius 3 is 2.86 bits per heavy atom. The van der Waals surface area contributed by atoms with Crippen LogP contribution in [0.15, 0.2) is 21.8 Å². The van der Waals surface area contributed by atoms with Gasteiger partial charge in [0, 0.05) is 15.1 Å². The molecule has 2 nitrogen and oxygen atoms in total. The lowest BCUT2D eigenvalue weighted by Gasteiger charge is -2.18. The quantitative estimate of drug-likeness (QED) is 0.569. The number of hydrogen-bond acceptors (Lipinski definition) is 2. The van der Waals surface area contributed by atoms with E-state index in [-0.39, 0.29) is 0 Å². The fourth-order valence-electron chi connectivity index (χ4n) is 1.82. The molecule has 1 aromatic carbocycles. The largest absolute Gasteiger partial charge is 0.411 e. The number of nitrogens with zero attached hydrogens (tertiary/aromatic N) is 1. The molecule has 0 atom stereocenters. The summed E-state index contributed by atoms with van der Waals surface area (Å²) in [7, 11) is 0. The van der Waals surface area contributed by atoms with Gasteiger partial charge >= 0.3 is 0 Å². The molecule has 0 saturated heterocycles. The number of hydrogen-bond donors (Lipinski definition) is 1. The monoisotopic (exact) mass is 273 g/mol. The maximum Gasteiger partial charge on any atom is 0.0882 e. The summed E-state index contributed by atoms with van der Waals surface area (Å²) in [6.07, 6.45) is 2.83. The van der Waals surface area contributed by atoms with Crippen LogP contribution in [0.4, 0.5) is 0 Å². The second kappa shape index (κ2) is 3.91.